The normalized spacial score (nSPS) is 12.0. The van der Waals surface area contributed by atoms with Crippen LogP contribution in [-0.4, -0.2) is 20.9 Å². The zero-order valence-corrected chi connectivity index (χ0v) is 10.5. The van der Waals surface area contributed by atoms with Crippen molar-refractivity contribution in [2.24, 2.45) is 0 Å². The molecule has 0 aliphatic carbocycles. The number of rotatable bonds is 4. The molecule has 1 unspecified atom stereocenters. The Hall–Kier alpha value is -2.13. The smallest absolute Gasteiger partial charge is 0.305 e. The summed E-state index contributed by atoms with van der Waals surface area (Å²) in [5.41, 5.74) is 1.68. The molecule has 5 nitrogen and oxygen atoms in total. The van der Waals surface area contributed by atoms with Crippen molar-refractivity contribution in [3.8, 4) is 17.2 Å². The molecule has 2 aromatic heterocycles. The molecule has 0 aliphatic rings. The van der Waals surface area contributed by atoms with Crippen LogP contribution in [-0.2, 0) is 4.79 Å². The van der Waals surface area contributed by atoms with Crippen molar-refractivity contribution in [3.63, 3.8) is 0 Å². The molecule has 92 valence electrons. The van der Waals surface area contributed by atoms with Crippen molar-refractivity contribution in [3.05, 3.63) is 28.7 Å². The predicted molar refractivity (Wildman–Crippen MR) is 67.2 cm³/mol. The van der Waals surface area contributed by atoms with Gasteiger partial charge in [-0.25, -0.2) is 0 Å². The minimum absolute atomic E-state index is 0.0237. The molecular weight excluding hydrogens is 250 g/mol. The fourth-order valence-corrected chi connectivity index (χ4v) is 2.39. The van der Waals surface area contributed by atoms with Crippen LogP contribution in [0.25, 0.3) is 11.1 Å². The average molecular weight is 261 g/mol. The SMILES string of the molecule is CC(CC(=O)O)n1cc(-c2ccsc2C#N)cn1. The van der Waals surface area contributed by atoms with E-state index in [0.717, 1.165) is 11.1 Å². The molecule has 1 atom stereocenters. The minimum atomic E-state index is -0.854. The van der Waals surface area contributed by atoms with Gasteiger partial charge in [0.05, 0.1) is 18.7 Å². The molecule has 18 heavy (non-hydrogen) atoms. The number of carboxylic acids is 1. The van der Waals surface area contributed by atoms with E-state index in [0.29, 0.717) is 4.88 Å². The maximum absolute atomic E-state index is 10.6. The van der Waals surface area contributed by atoms with Gasteiger partial charge >= 0.3 is 5.97 Å². The van der Waals surface area contributed by atoms with E-state index in [2.05, 4.69) is 11.2 Å². The van der Waals surface area contributed by atoms with Gasteiger partial charge in [-0.1, -0.05) is 0 Å². The summed E-state index contributed by atoms with van der Waals surface area (Å²) in [5.74, 6) is -0.854. The molecular formula is C12H11N3O2S. The van der Waals surface area contributed by atoms with E-state index in [4.69, 9.17) is 10.4 Å². The first-order valence-electron chi connectivity index (χ1n) is 5.35. The second-order valence-corrected chi connectivity index (χ2v) is 4.85. The molecule has 1 N–H and O–H groups in total. The van der Waals surface area contributed by atoms with Gasteiger partial charge in [0.25, 0.3) is 0 Å². The Balaban J connectivity index is 2.26. The summed E-state index contributed by atoms with van der Waals surface area (Å²) in [5, 5.41) is 23.7. The summed E-state index contributed by atoms with van der Waals surface area (Å²) >= 11 is 1.38. The molecule has 0 radical (unpaired) electrons. The largest absolute Gasteiger partial charge is 0.481 e. The molecule has 0 fully saturated rings. The van der Waals surface area contributed by atoms with Crippen molar-refractivity contribution in [2.75, 3.05) is 0 Å². The fourth-order valence-electron chi connectivity index (χ4n) is 1.69. The predicted octanol–water partition coefficient (Wildman–Crippen LogP) is 2.52. The number of hydrogen-bond donors (Lipinski definition) is 1. The molecule has 2 heterocycles. The minimum Gasteiger partial charge on any atom is -0.481 e. The Morgan fingerprint density at radius 1 is 1.72 bits per heavy atom. The summed E-state index contributed by atoms with van der Waals surface area (Å²) in [7, 11) is 0. The van der Waals surface area contributed by atoms with E-state index < -0.39 is 5.97 Å². The van der Waals surface area contributed by atoms with Crippen molar-refractivity contribution >= 4 is 17.3 Å². The number of aromatic nitrogens is 2. The summed E-state index contributed by atoms with van der Waals surface area (Å²) in [4.78, 5) is 11.3. The van der Waals surface area contributed by atoms with Gasteiger partial charge in [-0.15, -0.1) is 11.3 Å². The first-order valence-corrected chi connectivity index (χ1v) is 6.23. The molecule has 2 aromatic rings. The Bertz CT molecular complexity index is 609. The first kappa shape index (κ1) is 12.3. The summed E-state index contributed by atoms with van der Waals surface area (Å²) in [6.45, 7) is 1.80. The van der Waals surface area contributed by atoms with Crippen LogP contribution in [0.15, 0.2) is 23.8 Å². The van der Waals surface area contributed by atoms with Crippen molar-refractivity contribution < 1.29 is 9.90 Å². The van der Waals surface area contributed by atoms with Gasteiger partial charge in [0.15, 0.2) is 0 Å². The number of carbonyl (C=O) groups is 1. The average Bonchev–Trinajstić information content (AvgIpc) is 2.96. The molecule has 6 heteroatoms. The van der Waals surface area contributed by atoms with Crippen LogP contribution in [0.4, 0.5) is 0 Å². The number of thiophene rings is 1. The van der Waals surface area contributed by atoms with E-state index >= 15 is 0 Å². The fraction of sp³-hybridized carbons (Fsp3) is 0.250. The topological polar surface area (TPSA) is 78.9 Å². The number of carboxylic acid groups (broad SMARTS) is 1. The zero-order chi connectivity index (χ0) is 13.1. The van der Waals surface area contributed by atoms with E-state index in [-0.39, 0.29) is 12.5 Å². The van der Waals surface area contributed by atoms with Gasteiger partial charge in [0.1, 0.15) is 10.9 Å². The number of aliphatic carboxylic acids is 1. The quantitative estimate of drug-likeness (QED) is 0.917. The molecule has 0 aromatic carbocycles. The highest BCUT2D eigenvalue weighted by molar-refractivity contribution is 7.11. The molecule has 0 saturated heterocycles. The van der Waals surface area contributed by atoms with E-state index in [1.54, 1.807) is 24.0 Å². The van der Waals surface area contributed by atoms with E-state index in [1.165, 1.54) is 11.3 Å². The van der Waals surface area contributed by atoms with Crippen molar-refractivity contribution in [1.82, 2.24) is 9.78 Å². The van der Waals surface area contributed by atoms with Crippen molar-refractivity contribution in [2.45, 2.75) is 19.4 Å². The number of nitriles is 1. The molecule has 0 spiro atoms. The van der Waals surface area contributed by atoms with Crippen LogP contribution in [0, 0.1) is 11.3 Å². The molecule has 0 saturated carbocycles. The molecule has 0 aliphatic heterocycles. The highest BCUT2D eigenvalue weighted by Gasteiger charge is 2.13. The van der Waals surface area contributed by atoms with E-state index in [1.807, 2.05) is 11.4 Å². The summed E-state index contributed by atoms with van der Waals surface area (Å²) in [6, 6.07) is 3.79. The van der Waals surface area contributed by atoms with Gasteiger partial charge in [-0.05, 0) is 18.4 Å². The third-order valence-electron chi connectivity index (χ3n) is 2.60. The number of nitrogens with zero attached hydrogens (tertiary/aromatic N) is 3. The highest BCUT2D eigenvalue weighted by atomic mass is 32.1. The van der Waals surface area contributed by atoms with Gasteiger partial charge in [-0.3, -0.25) is 9.48 Å². The van der Waals surface area contributed by atoms with Crippen LogP contribution in [0.5, 0.6) is 0 Å². The van der Waals surface area contributed by atoms with Crippen molar-refractivity contribution in [1.29, 1.82) is 5.26 Å². The second kappa shape index (κ2) is 5.02. The van der Waals surface area contributed by atoms with Crippen LogP contribution in [0.3, 0.4) is 0 Å². The standard InChI is InChI=1S/C12H11N3O2S/c1-8(4-12(16)17)15-7-9(6-14-15)10-2-3-18-11(10)5-13/h2-3,6-8H,4H2,1H3,(H,16,17). The van der Waals surface area contributed by atoms with Gasteiger partial charge in [0, 0.05) is 17.3 Å². The summed E-state index contributed by atoms with van der Waals surface area (Å²) in [6.07, 6.45) is 3.45. The third-order valence-corrected chi connectivity index (χ3v) is 3.42. The van der Waals surface area contributed by atoms with Crippen LogP contribution in [0.1, 0.15) is 24.3 Å². The second-order valence-electron chi connectivity index (χ2n) is 3.93. The van der Waals surface area contributed by atoms with Gasteiger partial charge in [0.2, 0.25) is 0 Å². The van der Waals surface area contributed by atoms with Gasteiger partial charge in [-0.2, -0.15) is 10.4 Å². The molecule has 0 amide bonds. The lowest BCUT2D eigenvalue weighted by molar-refractivity contribution is -0.137. The Kier molecular flexibility index (Phi) is 3.44. The lowest BCUT2D eigenvalue weighted by atomic mass is 10.1. The third kappa shape index (κ3) is 2.41. The Labute approximate surface area is 108 Å². The van der Waals surface area contributed by atoms with Gasteiger partial charge < -0.3 is 5.11 Å². The summed E-state index contributed by atoms with van der Waals surface area (Å²) < 4.78 is 1.61. The zero-order valence-electron chi connectivity index (χ0n) is 9.70. The molecule has 2 rings (SSSR count). The Morgan fingerprint density at radius 3 is 3.17 bits per heavy atom. The monoisotopic (exact) mass is 261 g/mol. The Morgan fingerprint density at radius 2 is 2.50 bits per heavy atom. The maximum Gasteiger partial charge on any atom is 0.305 e. The van der Waals surface area contributed by atoms with Crippen LogP contribution in [0.2, 0.25) is 0 Å². The maximum atomic E-state index is 10.6. The highest BCUT2D eigenvalue weighted by Crippen LogP contribution is 2.28. The molecule has 0 bridgehead atoms. The van der Waals surface area contributed by atoms with Crippen LogP contribution >= 0.6 is 11.3 Å². The number of hydrogen-bond acceptors (Lipinski definition) is 4. The van der Waals surface area contributed by atoms with Crippen LogP contribution < -0.4 is 0 Å². The first-order chi connectivity index (χ1) is 8.61. The lowest BCUT2D eigenvalue weighted by Gasteiger charge is -2.08. The van der Waals surface area contributed by atoms with E-state index in [9.17, 15) is 4.79 Å². The lowest BCUT2D eigenvalue weighted by Crippen LogP contribution is -2.10.